The molecule has 1 N–H and O–H groups in total. The topological polar surface area (TPSA) is 12.0 Å². The molecule has 1 aliphatic rings. The van der Waals surface area contributed by atoms with Gasteiger partial charge in [-0.05, 0) is 48.4 Å². The number of benzene rings is 1. The van der Waals surface area contributed by atoms with Crippen LogP contribution in [0.3, 0.4) is 0 Å². The lowest BCUT2D eigenvalue weighted by Crippen LogP contribution is -1.97. The Kier molecular flexibility index (Phi) is 2.26. The van der Waals surface area contributed by atoms with Crippen LogP contribution in [0.2, 0.25) is 0 Å². The molecule has 1 aromatic rings. The molecule has 1 nitrogen and oxygen atoms in total. The van der Waals surface area contributed by atoms with Crippen LogP contribution in [0.15, 0.2) is 12.1 Å². The second-order valence-corrected chi connectivity index (χ2v) is 3.74. The quantitative estimate of drug-likeness (QED) is 0.728. The Balaban J connectivity index is 2.47. The summed E-state index contributed by atoms with van der Waals surface area (Å²) in [6.07, 6.45) is 5.02. The highest BCUT2D eigenvalue weighted by Gasteiger charge is 2.12. The van der Waals surface area contributed by atoms with Crippen LogP contribution in [-0.2, 0) is 19.3 Å². The molecule has 2 rings (SSSR count). The molecular weight excluding hydrogens is 158 g/mol. The maximum atomic E-state index is 3.28. The second-order valence-electron chi connectivity index (χ2n) is 3.74. The van der Waals surface area contributed by atoms with Gasteiger partial charge in [-0.1, -0.05) is 13.0 Å². The average Bonchev–Trinajstić information content (AvgIpc) is 2.62. The minimum atomic E-state index is 1.13. The Morgan fingerprint density at radius 3 is 2.54 bits per heavy atom. The molecule has 70 valence electrons. The fourth-order valence-electron chi connectivity index (χ4n) is 2.20. The van der Waals surface area contributed by atoms with E-state index in [4.69, 9.17) is 0 Å². The van der Waals surface area contributed by atoms with E-state index in [1.54, 1.807) is 11.1 Å². The molecule has 0 atom stereocenters. The van der Waals surface area contributed by atoms with Crippen molar-refractivity contribution in [3.05, 3.63) is 28.8 Å². The van der Waals surface area contributed by atoms with Crippen LogP contribution in [0.5, 0.6) is 0 Å². The molecule has 0 unspecified atom stereocenters. The van der Waals surface area contributed by atoms with Crippen molar-refractivity contribution >= 4 is 5.69 Å². The molecule has 13 heavy (non-hydrogen) atoms. The summed E-state index contributed by atoms with van der Waals surface area (Å²) in [5, 5.41) is 3.28. The van der Waals surface area contributed by atoms with E-state index in [0.29, 0.717) is 0 Å². The summed E-state index contributed by atoms with van der Waals surface area (Å²) in [7, 11) is 2.01. The summed E-state index contributed by atoms with van der Waals surface area (Å²) < 4.78 is 0. The third kappa shape index (κ3) is 1.43. The van der Waals surface area contributed by atoms with Gasteiger partial charge in [-0.2, -0.15) is 0 Å². The van der Waals surface area contributed by atoms with E-state index in [2.05, 4.69) is 24.4 Å². The van der Waals surface area contributed by atoms with E-state index in [0.717, 1.165) is 6.42 Å². The van der Waals surface area contributed by atoms with Crippen molar-refractivity contribution in [1.29, 1.82) is 0 Å². The lowest BCUT2D eigenvalue weighted by atomic mass is 10.0. The Bertz CT molecular complexity index is 284. The molecule has 0 aromatic heterocycles. The van der Waals surface area contributed by atoms with Gasteiger partial charge >= 0.3 is 0 Å². The van der Waals surface area contributed by atoms with Crippen LogP contribution in [0.1, 0.15) is 30.0 Å². The summed E-state index contributed by atoms with van der Waals surface area (Å²) in [4.78, 5) is 0. The van der Waals surface area contributed by atoms with Gasteiger partial charge in [0.2, 0.25) is 0 Å². The summed E-state index contributed by atoms with van der Waals surface area (Å²) in [6.45, 7) is 2.22. The van der Waals surface area contributed by atoms with E-state index in [1.807, 2.05) is 7.05 Å². The molecule has 0 aliphatic heterocycles. The van der Waals surface area contributed by atoms with Crippen molar-refractivity contribution in [2.75, 3.05) is 12.4 Å². The van der Waals surface area contributed by atoms with E-state index >= 15 is 0 Å². The molecule has 0 spiro atoms. The first-order valence-electron chi connectivity index (χ1n) is 5.17. The van der Waals surface area contributed by atoms with Crippen molar-refractivity contribution in [3.8, 4) is 0 Å². The largest absolute Gasteiger partial charge is 0.388 e. The van der Waals surface area contributed by atoms with Gasteiger partial charge < -0.3 is 5.32 Å². The molecular formula is C12H17N. The summed E-state index contributed by atoms with van der Waals surface area (Å²) in [6, 6.07) is 4.72. The van der Waals surface area contributed by atoms with Crippen LogP contribution in [0.4, 0.5) is 5.69 Å². The third-order valence-electron chi connectivity index (χ3n) is 2.97. The monoisotopic (exact) mass is 175 g/mol. The maximum absolute atomic E-state index is 3.28. The van der Waals surface area contributed by atoms with Crippen LogP contribution >= 0.6 is 0 Å². The highest BCUT2D eigenvalue weighted by molar-refractivity contribution is 5.56. The normalized spacial score (nSPS) is 14.3. The zero-order valence-corrected chi connectivity index (χ0v) is 8.48. The van der Waals surface area contributed by atoms with Gasteiger partial charge in [0.25, 0.3) is 0 Å². The zero-order chi connectivity index (χ0) is 9.26. The van der Waals surface area contributed by atoms with E-state index < -0.39 is 0 Å². The van der Waals surface area contributed by atoms with Gasteiger partial charge in [0, 0.05) is 12.7 Å². The van der Waals surface area contributed by atoms with Crippen LogP contribution < -0.4 is 5.32 Å². The fourth-order valence-corrected chi connectivity index (χ4v) is 2.20. The number of hydrogen-bond donors (Lipinski definition) is 1. The highest BCUT2D eigenvalue weighted by Crippen LogP contribution is 2.28. The second kappa shape index (κ2) is 3.41. The Labute approximate surface area is 80.2 Å². The Hall–Kier alpha value is -0.980. The molecule has 1 heteroatoms. The van der Waals surface area contributed by atoms with Crippen LogP contribution in [0.25, 0.3) is 0 Å². The molecule has 0 amide bonds. The van der Waals surface area contributed by atoms with E-state index in [-0.39, 0.29) is 0 Å². The summed E-state index contributed by atoms with van der Waals surface area (Å²) in [5.41, 5.74) is 5.92. The number of aryl methyl sites for hydroxylation is 3. The lowest BCUT2D eigenvalue weighted by Gasteiger charge is -2.10. The maximum Gasteiger partial charge on any atom is 0.0372 e. The molecule has 0 bridgehead atoms. The number of hydrogen-bond acceptors (Lipinski definition) is 1. The molecule has 1 aliphatic carbocycles. The first-order chi connectivity index (χ1) is 6.35. The van der Waals surface area contributed by atoms with Gasteiger partial charge in [-0.25, -0.2) is 0 Å². The zero-order valence-electron chi connectivity index (χ0n) is 8.48. The van der Waals surface area contributed by atoms with Crippen LogP contribution in [0, 0.1) is 0 Å². The van der Waals surface area contributed by atoms with E-state index in [1.165, 1.54) is 30.5 Å². The Morgan fingerprint density at radius 1 is 1.23 bits per heavy atom. The number of fused-ring (bicyclic) bond motifs is 1. The van der Waals surface area contributed by atoms with Gasteiger partial charge in [-0.3, -0.25) is 0 Å². The van der Waals surface area contributed by atoms with Gasteiger partial charge in [0.05, 0.1) is 0 Å². The molecule has 0 heterocycles. The number of rotatable bonds is 2. The van der Waals surface area contributed by atoms with Crippen molar-refractivity contribution in [2.45, 2.75) is 32.6 Å². The highest BCUT2D eigenvalue weighted by atomic mass is 14.8. The minimum Gasteiger partial charge on any atom is -0.388 e. The smallest absolute Gasteiger partial charge is 0.0372 e. The van der Waals surface area contributed by atoms with Crippen LogP contribution in [-0.4, -0.2) is 7.05 Å². The fraction of sp³-hybridized carbons (Fsp3) is 0.500. The van der Waals surface area contributed by atoms with Gasteiger partial charge in [0.15, 0.2) is 0 Å². The first-order valence-corrected chi connectivity index (χ1v) is 5.17. The van der Waals surface area contributed by atoms with Gasteiger partial charge in [-0.15, -0.1) is 0 Å². The van der Waals surface area contributed by atoms with Crippen molar-refractivity contribution < 1.29 is 0 Å². The summed E-state index contributed by atoms with van der Waals surface area (Å²) in [5.74, 6) is 0. The van der Waals surface area contributed by atoms with Crippen molar-refractivity contribution in [2.24, 2.45) is 0 Å². The molecule has 0 fully saturated rings. The SMILES string of the molecule is CCc1cc2c(cc1NC)CCC2. The Morgan fingerprint density at radius 2 is 1.92 bits per heavy atom. The minimum absolute atomic E-state index is 1.13. The standard InChI is InChI=1S/C12H17N/c1-3-9-7-10-5-4-6-11(10)8-12(9)13-2/h7-8,13H,3-6H2,1-2H3. The number of anilines is 1. The van der Waals surface area contributed by atoms with Gasteiger partial charge in [0.1, 0.15) is 0 Å². The molecule has 0 radical (unpaired) electrons. The van der Waals surface area contributed by atoms with Crippen molar-refractivity contribution in [3.63, 3.8) is 0 Å². The van der Waals surface area contributed by atoms with Crippen molar-refractivity contribution in [1.82, 2.24) is 0 Å². The molecule has 0 saturated carbocycles. The predicted octanol–water partition coefficient (Wildman–Crippen LogP) is 2.78. The van der Waals surface area contributed by atoms with E-state index in [9.17, 15) is 0 Å². The third-order valence-corrected chi connectivity index (χ3v) is 2.97. The predicted molar refractivity (Wildman–Crippen MR) is 57.4 cm³/mol. The molecule has 1 aromatic carbocycles. The lowest BCUT2D eigenvalue weighted by molar-refractivity contribution is 0.911. The first kappa shape index (κ1) is 8.61. The summed E-state index contributed by atoms with van der Waals surface area (Å²) >= 11 is 0. The molecule has 0 saturated heterocycles. The number of nitrogens with one attached hydrogen (secondary N) is 1. The average molecular weight is 175 g/mol.